The summed E-state index contributed by atoms with van der Waals surface area (Å²) in [5, 5.41) is -2.26. The highest BCUT2D eigenvalue weighted by atomic mass is 35.5. The number of ether oxygens (including phenoxy) is 2. The molecule has 6 heteroatoms. The quantitative estimate of drug-likeness (QED) is 0.485. The Morgan fingerprint density at radius 1 is 1.33 bits per heavy atom. The number of rotatable bonds is 6. The maximum Gasteiger partial charge on any atom is 0.375 e. The van der Waals surface area contributed by atoms with E-state index in [4.69, 9.17) is 26.8 Å². The van der Waals surface area contributed by atoms with Crippen LogP contribution in [-0.4, -0.2) is 23.7 Å². The molecule has 5 nitrogen and oxygen atoms in total. The number of hydrogen-bond acceptors (Lipinski definition) is 4. The summed E-state index contributed by atoms with van der Waals surface area (Å²) in [4.78, 5) is 22.9. The molecular formula is C12H14ClNO4. The van der Waals surface area contributed by atoms with E-state index in [-0.39, 0.29) is 12.2 Å². The SMILES string of the molecule is CCCOC(Cl)(OC(=O)c1ccccc1)C(N)=O. The van der Waals surface area contributed by atoms with Crippen molar-refractivity contribution < 1.29 is 19.1 Å². The molecule has 98 valence electrons. The summed E-state index contributed by atoms with van der Waals surface area (Å²) in [5.74, 6) is -1.84. The Kier molecular flexibility index (Phi) is 5.12. The lowest BCUT2D eigenvalue weighted by Crippen LogP contribution is -2.45. The summed E-state index contributed by atoms with van der Waals surface area (Å²) < 4.78 is 9.80. The summed E-state index contributed by atoms with van der Waals surface area (Å²) in [6, 6.07) is 8.11. The molecule has 2 N–H and O–H groups in total. The Morgan fingerprint density at radius 2 is 1.94 bits per heavy atom. The van der Waals surface area contributed by atoms with Gasteiger partial charge in [-0.05, 0) is 30.2 Å². The van der Waals surface area contributed by atoms with Crippen molar-refractivity contribution in [1.82, 2.24) is 0 Å². The molecule has 0 saturated carbocycles. The first-order chi connectivity index (χ1) is 8.49. The fourth-order valence-corrected chi connectivity index (χ4v) is 1.28. The third-order valence-corrected chi connectivity index (χ3v) is 2.39. The molecule has 0 aromatic heterocycles. The molecule has 1 atom stereocenters. The Hall–Kier alpha value is -1.59. The summed E-state index contributed by atoms with van der Waals surface area (Å²) in [7, 11) is 0. The van der Waals surface area contributed by atoms with Crippen LogP contribution in [0, 0.1) is 0 Å². The fourth-order valence-electron chi connectivity index (χ4n) is 1.14. The molecule has 0 aliphatic carbocycles. The van der Waals surface area contributed by atoms with Crippen molar-refractivity contribution in [2.24, 2.45) is 5.73 Å². The maximum atomic E-state index is 11.7. The Balaban J connectivity index is 2.78. The van der Waals surface area contributed by atoms with Gasteiger partial charge in [0.25, 0.3) is 0 Å². The van der Waals surface area contributed by atoms with E-state index in [1.807, 2.05) is 6.92 Å². The van der Waals surface area contributed by atoms with Crippen molar-refractivity contribution >= 4 is 23.5 Å². The van der Waals surface area contributed by atoms with Gasteiger partial charge in [0, 0.05) is 0 Å². The van der Waals surface area contributed by atoms with Crippen molar-refractivity contribution in [2.45, 2.75) is 18.6 Å². The van der Waals surface area contributed by atoms with Gasteiger partial charge >= 0.3 is 17.1 Å². The van der Waals surface area contributed by atoms with Crippen LogP contribution in [0.4, 0.5) is 0 Å². The lowest BCUT2D eigenvalue weighted by Gasteiger charge is -2.23. The molecule has 0 aliphatic heterocycles. The van der Waals surface area contributed by atoms with Crippen molar-refractivity contribution in [2.75, 3.05) is 6.61 Å². The number of nitrogens with two attached hydrogens (primary N) is 1. The zero-order valence-corrected chi connectivity index (χ0v) is 10.6. The van der Waals surface area contributed by atoms with Crippen molar-refractivity contribution in [1.29, 1.82) is 0 Å². The van der Waals surface area contributed by atoms with E-state index >= 15 is 0 Å². The predicted molar refractivity (Wildman–Crippen MR) is 65.9 cm³/mol. The molecule has 0 radical (unpaired) electrons. The number of benzene rings is 1. The normalized spacial score (nSPS) is 13.7. The van der Waals surface area contributed by atoms with E-state index in [0.717, 1.165) is 0 Å². The smallest absolute Gasteiger partial charge is 0.375 e. The number of primary amides is 1. The number of hydrogen-bond donors (Lipinski definition) is 1. The van der Waals surface area contributed by atoms with E-state index in [9.17, 15) is 9.59 Å². The van der Waals surface area contributed by atoms with E-state index in [2.05, 4.69) is 0 Å². The fraction of sp³-hybridized carbons (Fsp3) is 0.333. The van der Waals surface area contributed by atoms with E-state index < -0.39 is 17.1 Å². The number of halogens is 1. The first-order valence-electron chi connectivity index (χ1n) is 5.40. The Labute approximate surface area is 110 Å². The van der Waals surface area contributed by atoms with Gasteiger partial charge in [0.2, 0.25) is 0 Å². The summed E-state index contributed by atoms with van der Waals surface area (Å²) >= 11 is 5.76. The number of esters is 1. The highest BCUT2D eigenvalue weighted by molar-refractivity contribution is 6.33. The van der Waals surface area contributed by atoms with E-state index in [1.54, 1.807) is 18.2 Å². The number of carbonyl (C=O) groups is 2. The molecule has 1 unspecified atom stereocenters. The van der Waals surface area contributed by atoms with Gasteiger partial charge in [-0.3, -0.25) is 4.79 Å². The molecule has 18 heavy (non-hydrogen) atoms. The van der Waals surface area contributed by atoms with Gasteiger partial charge in [-0.1, -0.05) is 25.1 Å². The predicted octanol–water partition coefficient (Wildman–Crippen LogP) is 1.65. The number of carbonyl (C=O) groups excluding carboxylic acids is 2. The number of amides is 1. The molecule has 1 amide bonds. The van der Waals surface area contributed by atoms with Crippen LogP contribution in [0.3, 0.4) is 0 Å². The zero-order valence-electron chi connectivity index (χ0n) is 9.89. The van der Waals surface area contributed by atoms with Gasteiger partial charge in [0.05, 0.1) is 12.2 Å². The van der Waals surface area contributed by atoms with Crippen molar-refractivity contribution in [3.63, 3.8) is 0 Å². The van der Waals surface area contributed by atoms with Crippen LogP contribution in [0.15, 0.2) is 30.3 Å². The van der Waals surface area contributed by atoms with Crippen LogP contribution >= 0.6 is 11.6 Å². The zero-order chi connectivity index (χ0) is 13.6. The molecule has 0 spiro atoms. The third kappa shape index (κ3) is 3.72. The Bertz CT molecular complexity index is 423. The standard InChI is InChI=1S/C12H14ClNO4/c1-2-8-17-12(13,11(14)16)18-10(15)9-6-4-3-5-7-9/h3-7H,2,8H2,1H3,(H2,14,16). The largest absolute Gasteiger partial charge is 0.406 e. The first kappa shape index (κ1) is 14.5. The monoisotopic (exact) mass is 271 g/mol. The average Bonchev–Trinajstić information content (AvgIpc) is 2.37. The van der Waals surface area contributed by atoms with Gasteiger partial charge < -0.3 is 15.2 Å². The van der Waals surface area contributed by atoms with Crippen LogP contribution in [0.5, 0.6) is 0 Å². The highest BCUT2D eigenvalue weighted by Crippen LogP contribution is 2.21. The molecule has 1 aromatic carbocycles. The summed E-state index contributed by atoms with van der Waals surface area (Å²) in [6.45, 7) is 1.96. The summed E-state index contributed by atoms with van der Waals surface area (Å²) in [6.07, 6.45) is 0.602. The molecule has 0 saturated heterocycles. The van der Waals surface area contributed by atoms with Gasteiger partial charge in [0.1, 0.15) is 0 Å². The van der Waals surface area contributed by atoms with Crippen molar-refractivity contribution in [3.05, 3.63) is 35.9 Å². The molecule has 1 rings (SSSR count). The van der Waals surface area contributed by atoms with Crippen LogP contribution in [-0.2, 0) is 14.3 Å². The minimum atomic E-state index is -2.26. The minimum Gasteiger partial charge on any atom is -0.406 e. The van der Waals surface area contributed by atoms with Crippen LogP contribution < -0.4 is 5.73 Å². The third-order valence-electron chi connectivity index (χ3n) is 2.02. The lowest BCUT2D eigenvalue weighted by atomic mass is 10.2. The number of alkyl halides is 1. The van der Waals surface area contributed by atoms with Gasteiger partial charge in [0.15, 0.2) is 0 Å². The average molecular weight is 272 g/mol. The van der Waals surface area contributed by atoms with Gasteiger partial charge in [-0.2, -0.15) is 0 Å². The molecule has 0 aliphatic rings. The topological polar surface area (TPSA) is 78.6 Å². The summed E-state index contributed by atoms with van der Waals surface area (Å²) in [5.41, 5.74) is 5.32. The second-order valence-electron chi connectivity index (χ2n) is 3.50. The van der Waals surface area contributed by atoms with E-state index in [1.165, 1.54) is 12.1 Å². The lowest BCUT2D eigenvalue weighted by molar-refractivity contribution is -0.171. The van der Waals surface area contributed by atoms with Gasteiger partial charge in [-0.25, -0.2) is 4.79 Å². The van der Waals surface area contributed by atoms with Gasteiger partial charge in [-0.15, -0.1) is 0 Å². The minimum absolute atomic E-state index is 0.147. The highest BCUT2D eigenvalue weighted by Gasteiger charge is 2.40. The molecule has 0 bridgehead atoms. The Morgan fingerprint density at radius 3 is 2.44 bits per heavy atom. The van der Waals surface area contributed by atoms with Crippen LogP contribution in [0.2, 0.25) is 0 Å². The molecule has 0 fully saturated rings. The van der Waals surface area contributed by atoms with E-state index in [0.29, 0.717) is 6.42 Å². The van der Waals surface area contributed by atoms with Crippen LogP contribution in [0.1, 0.15) is 23.7 Å². The second-order valence-corrected chi connectivity index (χ2v) is 4.00. The molecule has 0 heterocycles. The maximum absolute atomic E-state index is 11.7. The molecule has 1 aromatic rings. The van der Waals surface area contributed by atoms with Crippen LogP contribution in [0.25, 0.3) is 0 Å². The molecular weight excluding hydrogens is 258 g/mol. The first-order valence-corrected chi connectivity index (χ1v) is 5.78. The second kappa shape index (κ2) is 6.37. The van der Waals surface area contributed by atoms with Crippen molar-refractivity contribution in [3.8, 4) is 0 Å².